The third kappa shape index (κ3) is 4.51. The quantitative estimate of drug-likeness (QED) is 0.813. The van der Waals surface area contributed by atoms with Crippen LogP contribution in [0, 0.1) is 11.6 Å². The van der Waals surface area contributed by atoms with Gasteiger partial charge in [0.25, 0.3) is 0 Å². The van der Waals surface area contributed by atoms with Gasteiger partial charge in [-0.2, -0.15) is 0 Å². The summed E-state index contributed by atoms with van der Waals surface area (Å²) in [6.07, 6.45) is 0. The summed E-state index contributed by atoms with van der Waals surface area (Å²) in [5.41, 5.74) is 0.684. The van der Waals surface area contributed by atoms with E-state index in [4.69, 9.17) is 4.74 Å². The molecule has 2 rings (SSSR count). The molecule has 112 valence electrons. The third-order valence-corrected chi connectivity index (χ3v) is 3.26. The molecule has 0 amide bonds. The molecule has 0 radical (unpaired) electrons. The lowest BCUT2D eigenvalue weighted by Crippen LogP contribution is -2.22. The molecule has 0 aliphatic carbocycles. The smallest absolute Gasteiger partial charge is 0.167 e. The van der Waals surface area contributed by atoms with E-state index in [0.717, 1.165) is 0 Å². The molecular formula is C16H16BrF2NO. The van der Waals surface area contributed by atoms with E-state index in [1.807, 2.05) is 13.8 Å². The topological polar surface area (TPSA) is 21.3 Å². The number of nitrogens with one attached hydrogen (secondary N) is 1. The molecule has 2 aromatic rings. The van der Waals surface area contributed by atoms with Crippen molar-refractivity contribution < 1.29 is 13.5 Å². The normalized spacial score (nSPS) is 11.0. The average Bonchev–Trinajstić information content (AvgIpc) is 2.38. The highest BCUT2D eigenvalue weighted by atomic mass is 79.9. The number of para-hydroxylation sites is 1. The Labute approximate surface area is 131 Å². The van der Waals surface area contributed by atoms with Crippen molar-refractivity contribution in [1.82, 2.24) is 5.32 Å². The van der Waals surface area contributed by atoms with Crippen molar-refractivity contribution in [3.05, 3.63) is 58.1 Å². The van der Waals surface area contributed by atoms with Crippen LogP contribution in [0.2, 0.25) is 0 Å². The molecule has 1 N–H and O–H groups in total. The van der Waals surface area contributed by atoms with Gasteiger partial charge in [-0.1, -0.05) is 41.9 Å². The Hall–Kier alpha value is -1.46. The number of hydrogen-bond acceptors (Lipinski definition) is 2. The van der Waals surface area contributed by atoms with Crippen molar-refractivity contribution in [3.8, 4) is 11.5 Å². The van der Waals surface area contributed by atoms with Crippen LogP contribution < -0.4 is 10.1 Å². The Balaban J connectivity index is 2.29. The second-order valence-electron chi connectivity index (χ2n) is 4.97. The van der Waals surface area contributed by atoms with Gasteiger partial charge in [-0.3, -0.25) is 0 Å². The molecule has 0 saturated carbocycles. The maximum absolute atomic E-state index is 14.0. The van der Waals surface area contributed by atoms with Gasteiger partial charge in [-0.15, -0.1) is 0 Å². The van der Waals surface area contributed by atoms with E-state index in [1.165, 1.54) is 18.2 Å². The van der Waals surface area contributed by atoms with Crippen molar-refractivity contribution in [2.45, 2.75) is 26.4 Å². The summed E-state index contributed by atoms with van der Waals surface area (Å²) in [5, 5.41) is 3.21. The first-order valence-electron chi connectivity index (χ1n) is 6.60. The van der Waals surface area contributed by atoms with Gasteiger partial charge < -0.3 is 10.1 Å². The maximum atomic E-state index is 14.0. The SMILES string of the molecule is CC(C)NCc1cccc(F)c1Oc1cc(F)cc(Br)c1. The molecule has 0 aromatic heterocycles. The average molecular weight is 356 g/mol. The molecule has 0 unspecified atom stereocenters. The predicted molar refractivity (Wildman–Crippen MR) is 82.5 cm³/mol. The molecule has 0 fully saturated rings. The lowest BCUT2D eigenvalue weighted by molar-refractivity contribution is 0.428. The van der Waals surface area contributed by atoms with Crippen LogP contribution in [-0.2, 0) is 6.54 Å². The van der Waals surface area contributed by atoms with E-state index >= 15 is 0 Å². The summed E-state index contributed by atoms with van der Waals surface area (Å²) >= 11 is 3.19. The van der Waals surface area contributed by atoms with Crippen LogP contribution in [-0.4, -0.2) is 6.04 Å². The zero-order valence-corrected chi connectivity index (χ0v) is 13.4. The Kier molecular flexibility index (Phi) is 5.31. The number of ether oxygens (including phenoxy) is 1. The fraction of sp³-hybridized carbons (Fsp3) is 0.250. The molecule has 0 saturated heterocycles. The number of halogens is 3. The standard InChI is InChI=1S/C16H16BrF2NO/c1-10(2)20-9-11-4-3-5-15(19)16(11)21-14-7-12(17)6-13(18)8-14/h3-8,10,20H,9H2,1-2H3. The van der Waals surface area contributed by atoms with Gasteiger partial charge in [0.15, 0.2) is 11.6 Å². The molecule has 0 heterocycles. The van der Waals surface area contributed by atoms with Crippen molar-refractivity contribution in [2.75, 3.05) is 0 Å². The number of rotatable bonds is 5. The van der Waals surface area contributed by atoms with Crippen molar-refractivity contribution in [2.24, 2.45) is 0 Å². The highest BCUT2D eigenvalue weighted by Gasteiger charge is 2.12. The summed E-state index contributed by atoms with van der Waals surface area (Å²) in [6, 6.07) is 9.12. The summed E-state index contributed by atoms with van der Waals surface area (Å²) in [5.74, 6) is -0.558. The fourth-order valence-electron chi connectivity index (χ4n) is 1.83. The summed E-state index contributed by atoms with van der Waals surface area (Å²) in [6.45, 7) is 4.48. The van der Waals surface area contributed by atoms with E-state index in [1.54, 1.807) is 18.2 Å². The minimum absolute atomic E-state index is 0.114. The van der Waals surface area contributed by atoms with Gasteiger partial charge in [0.05, 0.1) is 0 Å². The monoisotopic (exact) mass is 355 g/mol. The van der Waals surface area contributed by atoms with Crippen molar-refractivity contribution >= 4 is 15.9 Å². The van der Waals surface area contributed by atoms with Gasteiger partial charge >= 0.3 is 0 Å². The first-order chi connectivity index (χ1) is 9.95. The lowest BCUT2D eigenvalue weighted by Gasteiger charge is -2.14. The lowest BCUT2D eigenvalue weighted by atomic mass is 10.2. The molecule has 0 spiro atoms. The van der Waals surface area contributed by atoms with Crippen LogP contribution in [0.15, 0.2) is 40.9 Å². The maximum Gasteiger partial charge on any atom is 0.167 e. The largest absolute Gasteiger partial charge is 0.454 e. The van der Waals surface area contributed by atoms with Gasteiger partial charge in [0.2, 0.25) is 0 Å². The third-order valence-electron chi connectivity index (χ3n) is 2.81. The van der Waals surface area contributed by atoms with Crippen LogP contribution in [0.25, 0.3) is 0 Å². The van der Waals surface area contributed by atoms with E-state index in [9.17, 15) is 8.78 Å². The highest BCUT2D eigenvalue weighted by Crippen LogP contribution is 2.30. The predicted octanol–water partition coefficient (Wildman–Crippen LogP) is 5.02. The molecule has 21 heavy (non-hydrogen) atoms. The minimum Gasteiger partial charge on any atom is -0.454 e. The Morgan fingerprint density at radius 2 is 1.95 bits per heavy atom. The molecule has 2 aromatic carbocycles. The Bertz CT molecular complexity index is 611. The first kappa shape index (κ1) is 15.9. The summed E-state index contributed by atoms with van der Waals surface area (Å²) in [7, 11) is 0. The molecular weight excluding hydrogens is 340 g/mol. The summed E-state index contributed by atoms with van der Waals surface area (Å²) in [4.78, 5) is 0. The van der Waals surface area contributed by atoms with Crippen LogP contribution >= 0.6 is 15.9 Å². The number of benzene rings is 2. The number of hydrogen-bond donors (Lipinski definition) is 1. The van der Waals surface area contributed by atoms with E-state index in [0.29, 0.717) is 16.6 Å². The molecule has 0 aliphatic heterocycles. The van der Waals surface area contributed by atoms with E-state index in [-0.39, 0.29) is 17.5 Å². The molecule has 2 nitrogen and oxygen atoms in total. The molecule has 0 atom stereocenters. The van der Waals surface area contributed by atoms with Crippen LogP contribution in [0.5, 0.6) is 11.5 Å². The zero-order valence-electron chi connectivity index (χ0n) is 11.8. The first-order valence-corrected chi connectivity index (χ1v) is 7.39. The van der Waals surface area contributed by atoms with Gasteiger partial charge in [0, 0.05) is 28.7 Å². The zero-order chi connectivity index (χ0) is 15.4. The second-order valence-corrected chi connectivity index (χ2v) is 5.89. The molecule has 0 aliphatic rings. The highest BCUT2D eigenvalue weighted by molar-refractivity contribution is 9.10. The summed E-state index contributed by atoms with van der Waals surface area (Å²) < 4.78 is 33.5. The Morgan fingerprint density at radius 3 is 2.62 bits per heavy atom. The van der Waals surface area contributed by atoms with Gasteiger partial charge in [-0.05, 0) is 18.2 Å². The van der Waals surface area contributed by atoms with Crippen LogP contribution in [0.3, 0.4) is 0 Å². The minimum atomic E-state index is -0.474. The van der Waals surface area contributed by atoms with Crippen molar-refractivity contribution in [3.63, 3.8) is 0 Å². The van der Waals surface area contributed by atoms with Crippen LogP contribution in [0.4, 0.5) is 8.78 Å². The van der Waals surface area contributed by atoms with Gasteiger partial charge in [-0.25, -0.2) is 8.78 Å². The Morgan fingerprint density at radius 1 is 1.19 bits per heavy atom. The second kappa shape index (κ2) is 7.00. The molecule has 5 heteroatoms. The van der Waals surface area contributed by atoms with E-state index < -0.39 is 11.6 Å². The van der Waals surface area contributed by atoms with Gasteiger partial charge in [0.1, 0.15) is 11.6 Å². The van der Waals surface area contributed by atoms with Crippen molar-refractivity contribution in [1.29, 1.82) is 0 Å². The van der Waals surface area contributed by atoms with Crippen LogP contribution in [0.1, 0.15) is 19.4 Å². The van der Waals surface area contributed by atoms with E-state index in [2.05, 4.69) is 21.2 Å². The fourth-order valence-corrected chi connectivity index (χ4v) is 2.27. The molecule has 0 bridgehead atoms.